The van der Waals surface area contributed by atoms with Gasteiger partial charge in [0.1, 0.15) is 5.75 Å². The number of hydrogen-bond acceptors (Lipinski definition) is 5. The fourth-order valence-electron chi connectivity index (χ4n) is 3.01. The van der Waals surface area contributed by atoms with E-state index < -0.39 is 11.8 Å². The topological polar surface area (TPSA) is 109 Å². The zero-order valence-electron chi connectivity index (χ0n) is 18.8. The average molecular weight is 459 g/mol. The lowest BCUT2D eigenvalue weighted by Gasteiger charge is -2.08. The van der Waals surface area contributed by atoms with Gasteiger partial charge >= 0.3 is 11.8 Å². The van der Waals surface area contributed by atoms with Crippen LogP contribution in [0.3, 0.4) is 0 Å². The lowest BCUT2D eigenvalue weighted by atomic mass is 10.1. The molecule has 0 heterocycles. The van der Waals surface area contributed by atoms with Gasteiger partial charge in [0, 0.05) is 12.2 Å². The second kappa shape index (κ2) is 12.5. The van der Waals surface area contributed by atoms with E-state index in [1.54, 1.807) is 30.3 Å². The van der Waals surface area contributed by atoms with E-state index in [1.807, 2.05) is 55.5 Å². The Hall–Kier alpha value is -4.46. The Bertz CT molecular complexity index is 1160. The lowest BCUT2D eigenvalue weighted by Crippen LogP contribution is -2.38. The highest BCUT2D eigenvalue weighted by Gasteiger charge is 2.11. The SMILES string of the molecule is Cc1cccc(NC(=O)COc2cccc(/C=N/NC(=O)C(=O)NCCc3ccccc3)c2)c1. The van der Waals surface area contributed by atoms with Crippen molar-refractivity contribution in [3.05, 3.63) is 95.6 Å². The second-order valence-electron chi connectivity index (χ2n) is 7.47. The standard InChI is InChI=1S/C26H26N4O4/c1-19-7-5-11-22(15-19)29-24(31)18-34-23-12-6-10-21(16-23)17-28-30-26(33)25(32)27-14-13-20-8-3-2-4-9-20/h2-12,15-17H,13-14,18H2,1H3,(H,27,32)(H,29,31)(H,30,33)/b28-17+. The van der Waals surface area contributed by atoms with Crippen LogP contribution in [0.2, 0.25) is 0 Å². The molecule has 0 bridgehead atoms. The number of anilines is 1. The molecule has 0 saturated carbocycles. The number of nitrogens with one attached hydrogen (secondary N) is 3. The molecule has 3 amide bonds. The van der Waals surface area contributed by atoms with Crippen molar-refractivity contribution in [2.75, 3.05) is 18.5 Å². The third-order valence-corrected chi connectivity index (χ3v) is 4.66. The number of hydrazone groups is 1. The molecule has 0 aliphatic carbocycles. The van der Waals surface area contributed by atoms with Gasteiger partial charge in [-0.2, -0.15) is 5.10 Å². The number of rotatable bonds is 9. The summed E-state index contributed by atoms with van der Waals surface area (Å²) in [5.41, 5.74) is 5.63. The van der Waals surface area contributed by atoms with Crippen LogP contribution in [-0.4, -0.2) is 37.1 Å². The van der Waals surface area contributed by atoms with E-state index in [4.69, 9.17) is 4.74 Å². The first-order valence-corrected chi connectivity index (χ1v) is 10.7. The number of carbonyl (C=O) groups excluding carboxylic acids is 3. The van der Waals surface area contributed by atoms with Gasteiger partial charge in [-0.1, -0.05) is 54.6 Å². The number of carbonyl (C=O) groups is 3. The van der Waals surface area contributed by atoms with Gasteiger partial charge in [0.2, 0.25) is 0 Å². The summed E-state index contributed by atoms with van der Waals surface area (Å²) < 4.78 is 5.53. The Balaban J connectivity index is 1.41. The van der Waals surface area contributed by atoms with Crippen LogP contribution in [0.4, 0.5) is 5.69 Å². The quantitative estimate of drug-likeness (QED) is 0.260. The number of aryl methyl sites for hydroxylation is 1. The minimum absolute atomic E-state index is 0.158. The number of nitrogens with zero attached hydrogens (tertiary/aromatic N) is 1. The van der Waals surface area contributed by atoms with E-state index in [9.17, 15) is 14.4 Å². The van der Waals surface area contributed by atoms with Crippen LogP contribution in [-0.2, 0) is 20.8 Å². The minimum Gasteiger partial charge on any atom is -0.484 e. The van der Waals surface area contributed by atoms with Gasteiger partial charge in [-0.25, -0.2) is 5.43 Å². The molecule has 3 aromatic rings. The van der Waals surface area contributed by atoms with Crippen LogP contribution >= 0.6 is 0 Å². The van der Waals surface area contributed by atoms with Gasteiger partial charge in [0.05, 0.1) is 6.21 Å². The lowest BCUT2D eigenvalue weighted by molar-refractivity contribution is -0.139. The Kier molecular flexibility index (Phi) is 8.92. The molecule has 0 fully saturated rings. The molecular formula is C26H26N4O4. The van der Waals surface area contributed by atoms with Crippen LogP contribution in [0.25, 0.3) is 0 Å². The molecule has 0 saturated heterocycles. The largest absolute Gasteiger partial charge is 0.484 e. The van der Waals surface area contributed by atoms with E-state index in [-0.39, 0.29) is 12.5 Å². The van der Waals surface area contributed by atoms with Crippen molar-refractivity contribution in [2.24, 2.45) is 5.10 Å². The summed E-state index contributed by atoms with van der Waals surface area (Å²) in [5, 5.41) is 9.14. The van der Waals surface area contributed by atoms with Crippen molar-refractivity contribution in [1.29, 1.82) is 0 Å². The molecule has 3 N–H and O–H groups in total. The fraction of sp³-hybridized carbons (Fsp3) is 0.154. The smallest absolute Gasteiger partial charge is 0.329 e. The summed E-state index contributed by atoms with van der Waals surface area (Å²) in [7, 11) is 0. The molecule has 174 valence electrons. The highest BCUT2D eigenvalue weighted by Crippen LogP contribution is 2.13. The first-order chi connectivity index (χ1) is 16.5. The molecule has 0 aliphatic rings. The van der Waals surface area contributed by atoms with Crippen molar-refractivity contribution in [3.8, 4) is 5.75 Å². The number of ether oxygens (including phenoxy) is 1. The normalized spacial score (nSPS) is 10.5. The van der Waals surface area contributed by atoms with Crippen LogP contribution in [0, 0.1) is 6.92 Å². The summed E-state index contributed by atoms with van der Waals surface area (Å²) in [6, 6.07) is 24.0. The van der Waals surface area contributed by atoms with Gasteiger partial charge in [-0.3, -0.25) is 14.4 Å². The molecule has 0 aromatic heterocycles. The third kappa shape index (κ3) is 8.23. The van der Waals surface area contributed by atoms with Crippen LogP contribution in [0.5, 0.6) is 5.75 Å². The van der Waals surface area contributed by atoms with Gasteiger partial charge in [0.15, 0.2) is 6.61 Å². The molecular weight excluding hydrogens is 432 g/mol. The van der Waals surface area contributed by atoms with Crippen molar-refractivity contribution >= 4 is 29.6 Å². The summed E-state index contributed by atoms with van der Waals surface area (Å²) >= 11 is 0. The van der Waals surface area contributed by atoms with E-state index in [1.165, 1.54) is 6.21 Å². The fourth-order valence-corrected chi connectivity index (χ4v) is 3.01. The highest BCUT2D eigenvalue weighted by molar-refractivity contribution is 6.35. The first-order valence-electron chi connectivity index (χ1n) is 10.7. The number of hydrogen-bond donors (Lipinski definition) is 3. The highest BCUT2D eigenvalue weighted by atomic mass is 16.5. The molecule has 0 atom stereocenters. The van der Waals surface area contributed by atoms with Crippen LogP contribution < -0.4 is 20.8 Å². The molecule has 3 aromatic carbocycles. The summed E-state index contributed by atoms with van der Waals surface area (Å²) in [5.74, 6) is -1.43. The van der Waals surface area contributed by atoms with E-state index in [2.05, 4.69) is 21.2 Å². The minimum atomic E-state index is -0.857. The van der Waals surface area contributed by atoms with Crippen LogP contribution in [0.1, 0.15) is 16.7 Å². The third-order valence-electron chi connectivity index (χ3n) is 4.66. The molecule has 0 radical (unpaired) electrons. The summed E-state index contributed by atoms with van der Waals surface area (Å²) in [6.07, 6.45) is 2.01. The summed E-state index contributed by atoms with van der Waals surface area (Å²) in [4.78, 5) is 35.9. The molecule has 3 rings (SSSR count). The first kappa shape index (κ1) is 24.2. The Morgan fingerprint density at radius 1 is 0.912 bits per heavy atom. The maximum absolute atomic E-state index is 12.1. The molecule has 8 nitrogen and oxygen atoms in total. The van der Waals surface area contributed by atoms with Crippen molar-refractivity contribution in [2.45, 2.75) is 13.3 Å². The summed E-state index contributed by atoms with van der Waals surface area (Å²) in [6.45, 7) is 2.13. The molecule has 0 unspecified atom stereocenters. The Morgan fingerprint density at radius 2 is 1.71 bits per heavy atom. The van der Waals surface area contributed by atoms with Crippen molar-refractivity contribution < 1.29 is 19.1 Å². The maximum atomic E-state index is 12.1. The molecule has 8 heteroatoms. The molecule has 0 aliphatic heterocycles. The Labute approximate surface area is 198 Å². The number of amides is 3. The van der Waals surface area contributed by atoms with E-state index in [0.717, 1.165) is 11.1 Å². The maximum Gasteiger partial charge on any atom is 0.329 e. The van der Waals surface area contributed by atoms with Gasteiger partial charge in [0.25, 0.3) is 5.91 Å². The average Bonchev–Trinajstić information content (AvgIpc) is 2.83. The van der Waals surface area contributed by atoms with Crippen LogP contribution in [0.15, 0.2) is 84.0 Å². The predicted molar refractivity (Wildman–Crippen MR) is 131 cm³/mol. The van der Waals surface area contributed by atoms with E-state index in [0.29, 0.717) is 30.0 Å². The Morgan fingerprint density at radius 3 is 2.50 bits per heavy atom. The predicted octanol–water partition coefficient (Wildman–Crippen LogP) is 2.82. The van der Waals surface area contributed by atoms with Crippen molar-refractivity contribution in [3.63, 3.8) is 0 Å². The van der Waals surface area contributed by atoms with Gasteiger partial charge in [-0.05, 0) is 54.3 Å². The molecule has 34 heavy (non-hydrogen) atoms. The zero-order chi connectivity index (χ0) is 24.2. The zero-order valence-corrected chi connectivity index (χ0v) is 18.8. The monoisotopic (exact) mass is 458 g/mol. The van der Waals surface area contributed by atoms with E-state index >= 15 is 0 Å². The second-order valence-corrected chi connectivity index (χ2v) is 7.47. The molecule has 0 spiro atoms. The number of benzene rings is 3. The van der Waals surface area contributed by atoms with Gasteiger partial charge in [-0.15, -0.1) is 0 Å². The van der Waals surface area contributed by atoms with Crippen molar-refractivity contribution in [1.82, 2.24) is 10.7 Å². The van der Waals surface area contributed by atoms with Gasteiger partial charge < -0.3 is 15.4 Å².